The third kappa shape index (κ3) is 4.77. The van der Waals surface area contributed by atoms with Crippen molar-refractivity contribution < 1.29 is 8.42 Å². The molecule has 1 rings (SSSR count). The number of nitrogens with one attached hydrogen (secondary N) is 2. The lowest BCUT2D eigenvalue weighted by Gasteiger charge is -2.13. The molecule has 1 aromatic rings. The fourth-order valence-corrected chi connectivity index (χ4v) is 3.71. The van der Waals surface area contributed by atoms with Crippen LogP contribution in [0.15, 0.2) is 17.0 Å². The van der Waals surface area contributed by atoms with Crippen LogP contribution in [-0.2, 0) is 16.6 Å². The van der Waals surface area contributed by atoms with Crippen molar-refractivity contribution >= 4 is 21.8 Å². The van der Waals surface area contributed by atoms with Gasteiger partial charge in [0.1, 0.15) is 0 Å². The summed E-state index contributed by atoms with van der Waals surface area (Å²) in [4.78, 5) is 0.386. The Morgan fingerprint density at radius 2 is 1.90 bits per heavy atom. The van der Waals surface area contributed by atoms with Crippen LogP contribution in [0, 0.1) is 13.8 Å². The molecule has 0 atom stereocenters. The van der Waals surface area contributed by atoms with Crippen LogP contribution < -0.4 is 10.0 Å². The summed E-state index contributed by atoms with van der Waals surface area (Å²) < 4.78 is 27.3. The predicted octanol–water partition coefficient (Wildman–Crippen LogP) is 2.05. The molecule has 0 fully saturated rings. The molecule has 20 heavy (non-hydrogen) atoms. The summed E-state index contributed by atoms with van der Waals surface area (Å²) in [6, 6.07) is 3.73. The molecule has 1 aromatic carbocycles. The van der Waals surface area contributed by atoms with E-state index in [1.165, 1.54) is 0 Å². The first-order valence-corrected chi connectivity index (χ1v) is 9.59. The van der Waals surface area contributed by atoms with Gasteiger partial charge >= 0.3 is 0 Å². The van der Waals surface area contributed by atoms with Crippen LogP contribution in [0.4, 0.5) is 0 Å². The van der Waals surface area contributed by atoms with Gasteiger partial charge in [0.25, 0.3) is 0 Å². The highest BCUT2D eigenvalue weighted by atomic mass is 32.2. The third-order valence-corrected chi connectivity index (χ3v) is 5.30. The minimum atomic E-state index is -3.42. The zero-order chi connectivity index (χ0) is 15.2. The molecule has 0 aliphatic carbocycles. The second kappa shape index (κ2) is 8.02. The summed E-state index contributed by atoms with van der Waals surface area (Å²) >= 11 is 1.62. The number of thioether (sulfide) groups is 1. The molecule has 114 valence electrons. The predicted molar refractivity (Wildman–Crippen MR) is 86.9 cm³/mol. The number of sulfonamides is 1. The van der Waals surface area contributed by atoms with E-state index in [4.69, 9.17) is 0 Å². The summed E-state index contributed by atoms with van der Waals surface area (Å²) in [5, 5.41) is 3.24. The van der Waals surface area contributed by atoms with Crippen molar-refractivity contribution in [2.75, 3.05) is 25.1 Å². The van der Waals surface area contributed by atoms with Gasteiger partial charge in [0.05, 0.1) is 4.90 Å². The van der Waals surface area contributed by atoms with Gasteiger partial charge in [0, 0.05) is 18.8 Å². The number of benzene rings is 1. The standard InChI is InChI=1S/C14H24N2O2S2/c1-5-15-10-13-9-14(12(3)8-11(13)2)20(17,18)16-6-7-19-4/h8-9,15-16H,5-7,10H2,1-4H3. The Hall–Kier alpha value is -0.560. The largest absolute Gasteiger partial charge is 0.313 e. The van der Waals surface area contributed by atoms with Gasteiger partial charge < -0.3 is 5.32 Å². The first-order valence-electron chi connectivity index (χ1n) is 6.71. The average molecular weight is 316 g/mol. The maximum absolute atomic E-state index is 12.3. The Bertz CT molecular complexity index is 542. The van der Waals surface area contributed by atoms with Gasteiger partial charge in [-0.3, -0.25) is 0 Å². The maximum Gasteiger partial charge on any atom is 0.240 e. The highest BCUT2D eigenvalue weighted by Gasteiger charge is 2.17. The van der Waals surface area contributed by atoms with Crippen molar-refractivity contribution in [2.24, 2.45) is 0 Å². The Labute approximate surface area is 126 Å². The summed E-state index contributed by atoms with van der Waals surface area (Å²) in [7, 11) is -3.42. The van der Waals surface area contributed by atoms with E-state index >= 15 is 0 Å². The Morgan fingerprint density at radius 1 is 1.20 bits per heavy atom. The van der Waals surface area contributed by atoms with Crippen LogP contribution in [0.2, 0.25) is 0 Å². The number of hydrogen-bond donors (Lipinski definition) is 2. The highest BCUT2D eigenvalue weighted by molar-refractivity contribution is 7.98. The molecular formula is C14H24N2O2S2. The molecular weight excluding hydrogens is 292 g/mol. The number of aryl methyl sites for hydroxylation is 2. The van der Waals surface area contributed by atoms with Crippen molar-refractivity contribution in [3.63, 3.8) is 0 Å². The van der Waals surface area contributed by atoms with E-state index in [1.54, 1.807) is 17.8 Å². The van der Waals surface area contributed by atoms with E-state index in [1.807, 2.05) is 33.1 Å². The fourth-order valence-electron chi connectivity index (χ4n) is 1.97. The molecule has 0 spiro atoms. The van der Waals surface area contributed by atoms with Crippen molar-refractivity contribution in [2.45, 2.75) is 32.2 Å². The molecule has 6 heteroatoms. The van der Waals surface area contributed by atoms with Gasteiger partial charge in [-0.15, -0.1) is 0 Å². The summed E-state index contributed by atoms with van der Waals surface area (Å²) in [6.45, 7) is 7.90. The SMILES string of the molecule is CCNCc1cc(S(=O)(=O)NCCSC)c(C)cc1C. The topological polar surface area (TPSA) is 58.2 Å². The Kier molecular flexibility index (Phi) is 7.02. The van der Waals surface area contributed by atoms with Crippen LogP contribution in [0.3, 0.4) is 0 Å². The van der Waals surface area contributed by atoms with Crippen LogP contribution in [-0.4, -0.2) is 33.5 Å². The third-order valence-electron chi connectivity index (χ3n) is 3.09. The molecule has 2 N–H and O–H groups in total. The molecule has 0 aliphatic heterocycles. The highest BCUT2D eigenvalue weighted by Crippen LogP contribution is 2.20. The smallest absolute Gasteiger partial charge is 0.240 e. The quantitative estimate of drug-likeness (QED) is 0.721. The van der Waals surface area contributed by atoms with Crippen molar-refractivity contribution in [3.8, 4) is 0 Å². The van der Waals surface area contributed by atoms with Gasteiger partial charge in [0.15, 0.2) is 0 Å². The van der Waals surface area contributed by atoms with E-state index in [2.05, 4.69) is 10.0 Å². The second-order valence-electron chi connectivity index (χ2n) is 4.72. The first kappa shape index (κ1) is 17.5. The van der Waals surface area contributed by atoms with E-state index in [0.29, 0.717) is 18.0 Å². The molecule has 0 saturated heterocycles. The molecule has 0 aliphatic rings. The van der Waals surface area contributed by atoms with Gasteiger partial charge in [-0.1, -0.05) is 13.0 Å². The molecule has 0 unspecified atom stereocenters. The summed E-state index contributed by atoms with van der Waals surface area (Å²) in [5.41, 5.74) is 2.94. The molecule has 0 amide bonds. The molecule has 0 radical (unpaired) electrons. The van der Waals surface area contributed by atoms with E-state index in [0.717, 1.165) is 29.0 Å². The van der Waals surface area contributed by atoms with Gasteiger partial charge in [-0.25, -0.2) is 13.1 Å². The lowest BCUT2D eigenvalue weighted by Crippen LogP contribution is -2.27. The molecule has 0 heterocycles. The first-order chi connectivity index (χ1) is 9.42. The van der Waals surface area contributed by atoms with Crippen LogP contribution in [0.1, 0.15) is 23.6 Å². The zero-order valence-corrected chi connectivity index (χ0v) is 14.2. The molecule has 0 bridgehead atoms. The monoisotopic (exact) mass is 316 g/mol. The maximum atomic E-state index is 12.3. The lowest BCUT2D eigenvalue weighted by molar-refractivity contribution is 0.583. The van der Waals surface area contributed by atoms with Crippen LogP contribution >= 0.6 is 11.8 Å². The average Bonchev–Trinajstić information content (AvgIpc) is 2.37. The van der Waals surface area contributed by atoms with Gasteiger partial charge in [0.2, 0.25) is 10.0 Å². The normalized spacial score (nSPS) is 11.8. The second-order valence-corrected chi connectivity index (χ2v) is 7.44. The van der Waals surface area contributed by atoms with E-state index in [-0.39, 0.29) is 0 Å². The lowest BCUT2D eigenvalue weighted by atomic mass is 10.1. The minimum absolute atomic E-state index is 0.386. The van der Waals surface area contributed by atoms with E-state index in [9.17, 15) is 8.42 Å². The number of hydrogen-bond acceptors (Lipinski definition) is 4. The molecule has 0 saturated carbocycles. The Morgan fingerprint density at radius 3 is 2.50 bits per heavy atom. The van der Waals surface area contributed by atoms with Crippen molar-refractivity contribution in [1.82, 2.24) is 10.0 Å². The zero-order valence-electron chi connectivity index (χ0n) is 12.6. The van der Waals surface area contributed by atoms with Crippen molar-refractivity contribution in [1.29, 1.82) is 0 Å². The Balaban J connectivity index is 3.04. The van der Waals surface area contributed by atoms with E-state index < -0.39 is 10.0 Å². The molecule has 0 aromatic heterocycles. The van der Waals surface area contributed by atoms with Gasteiger partial charge in [-0.05, 0) is 49.4 Å². The van der Waals surface area contributed by atoms with Crippen LogP contribution in [0.25, 0.3) is 0 Å². The molecule has 4 nitrogen and oxygen atoms in total. The van der Waals surface area contributed by atoms with Crippen LogP contribution in [0.5, 0.6) is 0 Å². The minimum Gasteiger partial charge on any atom is -0.313 e. The summed E-state index contributed by atoms with van der Waals surface area (Å²) in [5.74, 6) is 0.772. The van der Waals surface area contributed by atoms with Gasteiger partial charge in [-0.2, -0.15) is 11.8 Å². The van der Waals surface area contributed by atoms with Crippen molar-refractivity contribution in [3.05, 3.63) is 28.8 Å². The fraction of sp³-hybridized carbons (Fsp3) is 0.571. The summed E-state index contributed by atoms with van der Waals surface area (Å²) in [6.07, 6.45) is 1.96. The number of rotatable bonds is 8.